The highest BCUT2D eigenvalue weighted by molar-refractivity contribution is 8.01. The van der Waals surface area contributed by atoms with Gasteiger partial charge in [-0.1, -0.05) is 116 Å². The molecule has 1 aliphatic heterocycles. The van der Waals surface area contributed by atoms with Crippen molar-refractivity contribution in [3.8, 4) is 11.1 Å². The molecule has 7 rings (SSSR count). The number of para-hydroxylation sites is 1. The predicted octanol–water partition coefficient (Wildman–Crippen LogP) is 8.97. The van der Waals surface area contributed by atoms with Crippen LogP contribution in [0.4, 0.5) is 0 Å². The number of carbonyl (C=O) groups excluding carboxylic acids is 1. The fourth-order valence-corrected chi connectivity index (χ4v) is 8.20. The molecule has 1 saturated heterocycles. The van der Waals surface area contributed by atoms with Crippen molar-refractivity contribution in [2.45, 2.75) is 42.9 Å². The third kappa shape index (κ3) is 7.38. The van der Waals surface area contributed by atoms with E-state index in [0.717, 1.165) is 49.0 Å². The maximum atomic E-state index is 12.5. The van der Waals surface area contributed by atoms with Crippen LogP contribution in [-0.2, 0) is 22.6 Å². The molecule has 2 N–H and O–H groups in total. The molecular formula is C40H36N2O4S2. The molecule has 48 heavy (non-hydrogen) atoms. The highest BCUT2D eigenvalue weighted by Gasteiger charge is 2.38. The highest BCUT2D eigenvalue weighted by atomic mass is 32.2. The molecule has 1 aromatic heterocycles. The highest BCUT2D eigenvalue weighted by Crippen LogP contribution is 2.43. The molecule has 6 aromatic rings. The average molecular weight is 673 g/mol. The number of aliphatic hydroxyl groups excluding tert-OH is 1. The average Bonchev–Trinajstić information content (AvgIpc) is 3.57. The SMILES string of the molecule is CC1C(CSc2nc3ccccc3s2)OC(c2ccc(-c3cccc(CNC(=O)c4ccccc4)c3)cc2)OC1c1ccc(CO)cc1. The number of ether oxygens (including phenoxy) is 2. The first kappa shape index (κ1) is 32.2. The van der Waals surface area contributed by atoms with Gasteiger partial charge in [0.05, 0.1) is 29.0 Å². The van der Waals surface area contributed by atoms with Gasteiger partial charge in [0.1, 0.15) is 0 Å². The number of amides is 1. The topological polar surface area (TPSA) is 80.7 Å². The van der Waals surface area contributed by atoms with Crippen LogP contribution in [0, 0.1) is 5.92 Å². The third-order valence-corrected chi connectivity index (χ3v) is 11.0. The Kier molecular flexibility index (Phi) is 9.98. The number of benzene rings is 5. The molecule has 6 nitrogen and oxygen atoms in total. The summed E-state index contributed by atoms with van der Waals surface area (Å²) in [7, 11) is 0. The van der Waals surface area contributed by atoms with Gasteiger partial charge in [-0.2, -0.15) is 0 Å². The molecule has 5 aromatic carbocycles. The van der Waals surface area contributed by atoms with E-state index in [9.17, 15) is 9.90 Å². The van der Waals surface area contributed by atoms with Crippen LogP contribution in [0.2, 0.25) is 0 Å². The molecular weight excluding hydrogens is 637 g/mol. The maximum Gasteiger partial charge on any atom is 0.251 e. The Balaban J connectivity index is 1.08. The number of nitrogens with zero attached hydrogens (tertiary/aromatic N) is 1. The van der Waals surface area contributed by atoms with Gasteiger partial charge in [-0.15, -0.1) is 11.3 Å². The van der Waals surface area contributed by atoms with Crippen LogP contribution in [0.3, 0.4) is 0 Å². The van der Waals surface area contributed by atoms with E-state index in [0.29, 0.717) is 12.1 Å². The zero-order chi connectivity index (χ0) is 32.9. The van der Waals surface area contributed by atoms with Crippen LogP contribution in [0.5, 0.6) is 0 Å². The van der Waals surface area contributed by atoms with Crippen molar-refractivity contribution in [1.82, 2.24) is 10.3 Å². The maximum absolute atomic E-state index is 12.5. The number of aliphatic hydroxyl groups is 1. The molecule has 0 radical (unpaired) electrons. The number of nitrogens with one attached hydrogen (secondary N) is 1. The third-order valence-electron chi connectivity index (χ3n) is 8.70. The zero-order valence-corrected chi connectivity index (χ0v) is 28.1. The lowest BCUT2D eigenvalue weighted by Crippen LogP contribution is -2.38. The standard InChI is InChI=1S/C40H36N2O4S2/c1-26-35(25-47-40-42-34-12-5-6-13-36(34)48-40)45-39(46-37(26)30-16-14-27(24-43)15-17-30)32-20-18-29(19-21-32)33-11-7-8-28(22-33)23-41-38(44)31-9-3-2-4-10-31/h2-22,26,35,37,39,43H,23-25H2,1H3,(H,41,44). The number of aromatic nitrogens is 1. The quantitative estimate of drug-likeness (QED) is 0.142. The second kappa shape index (κ2) is 14.8. The molecule has 1 amide bonds. The van der Waals surface area contributed by atoms with E-state index in [-0.39, 0.29) is 30.6 Å². The van der Waals surface area contributed by atoms with Crippen LogP contribution >= 0.6 is 23.1 Å². The van der Waals surface area contributed by atoms with Crippen molar-refractivity contribution in [3.63, 3.8) is 0 Å². The lowest BCUT2D eigenvalue weighted by Gasteiger charge is -2.41. The van der Waals surface area contributed by atoms with E-state index in [4.69, 9.17) is 14.5 Å². The largest absolute Gasteiger partial charge is 0.392 e. The van der Waals surface area contributed by atoms with Crippen LogP contribution < -0.4 is 5.32 Å². The molecule has 0 saturated carbocycles. The number of hydrogen-bond donors (Lipinski definition) is 2. The Morgan fingerprint density at radius 2 is 1.56 bits per heavy atom. The van der Waals surface area contributed by atoms with Crippen LogP contribution in [0.15, 0.2) is 132 Å². The molecule has 8 heteroatoms. The van der Waals surface area contributed by atoms with E-state index >= 15 is 0 Å². The summed E-state index contributed by atoms with van der Waals surface area (Å²) in [6.07, 6.45) is -0.802. The van der Waals surface area contributed by atoms with Crippen molar-refractivity contribution in [3.05, 3.63) is 155 Å². The summed E-state index contributed by atoms with van der Waals surface area (Å²) < 4.78 is 15.6. The van der Waals surface area contributed by atoms with E-state index < -0.39 is 6.29 Å². The fraction of sp³-hybridized carbons (Fsp3) is 0.200. The minimum Gasteiger partial charge on any atom is -0.392 e. The van der Waals surface area contributed by atoms with Gasteiger partial charge in [-0.25, -0.2) is 4.98 Å². The number of carbonyl (C=O) groups is 1. The second-order valence-corrected chi connectivity index (χ2v) is 14.2. The summed E-state index contributed by atoms with van der Waals surface area (Å²) in [6, 6.07) is 42.0. The first-order valence-electron chi connectivity index (χ1n) is 16.1. The number of hydrogen-bond acceptors (Lipinski definition) is 7. The predicted molar refractivity (Wildman–Crippen MR) is 193 cm³/mol. The van der Waals surface area contributed by atoms with Crippen molar-refractivity contribution in [1.29, 1.82) is 0 Å². The summed E-state index contributed by atoms with van der Waals surface area (Å²) >= 11 is 3.44. The molecule has 4 unspecified atom stereocenters. The molecule has 0 spiro atoms. The monoisotopic (exact) mass is 672 g/mol. The summed E-state index contributed by atoms with van der Waals surface area (Å²) in [5, 5.41) is 12.6. The molecule has 0 aliphatic carbocycles. The Morgan fingerprint density at radius 1 is 0.812 bits per heavy atom. The van der Waals surface area contributed by atoms with E-state index in [1.54, 1.807) is 23.1 Å². The van der Waals surface area contributed by atoms with Gasteiger partial charge in [0.15, 0.2) is 10.6 Å². The molecule has 0 bridgehead atoms. The molecule has 1 fully saturated rings. The molecule has 2 heterocycles. The first-order valence-corrected chi connectivity index (χ1v) is 17.9. The molecule has 242 valence electrons. The summed E-state index contributed by atoms with van der Waals surface area (Å²) in [4.78, 5) is 17.4. The van der Waals surface area contributed by atoms with Crippen LogP contribution in [-0.4, -0.2) is 27.9 Å². The van der Waals surface area contributed by atoms with Crippen molar-refractivity contribution < 1.29 is 19.4 Å². The Labute approximate surface area is 288 Å². The second-order valence-electron chi connectivity index (χ2n) is 12.0. The molecule has 1 aliphatic rings. The molecule has 4 atom stereocenters. The van der Waals surface area contributed by atoms with Gasteiger partial charge >= 0.3 is 0 Å². The first-order chi connectivity index (χ1) is 23.5. The van der Waals surface area contributed by atoms with Crippen molar-refractivity contribution in [2.24, 2.45) is 5.92 Å². The van der Waals surface area contributed by atoms with E-state index in [1.165, 1.54) is 4.70 Å². The van der Waals surface area contributed by atoms with E-state index in [1.807, 2.05) is 78.9 Å². The number of fused-ring (bicyclic) bond motifs is 1. The smallest absolute Gasteiger partial charge is 0.251 e. The normalized spacial score (nSPS) is 19.3. The van der Waals surface area contributed by atoms with Gasteiger partial charge in [0.25, 0.3) is 5.91 Å². The minimum atomic E-state index is -0.543. The van der Waals surface area contributed by atoms with E-state index in [2.05, 4.69) is 60.8 Å². The lowest BCUT2D eigenvalue weighted by atomic mass is 9.91. The van der Waals surface area contributed by atoms with Gasteiger partial charge < -0.3 is 19.9 Å². The van der Waals surface area contributed by atoms with Gasteiger partial charge in [0, 0.05) is 29.3 Å². The van der Waals surface area contributed by atoms with Crippen molar-refractivity contribution >= 4 is 39.2 Å². The van der Waals surface area contributed by atoms with Gasteiger partial charge in [-0.3, -0.25) is 4.79 Å². The van der Waals surface area contributed by atoms with Crippen LogP contribution in [0.25, 0.3) is 21.3 Å². The van der Waals surface area contributed by atoms with Crippen molar-refractivity contribution in [2.75, 3.05) is 5.75 Å². The number of rotatable bonds is 10. The van der Waals surface area contributed by atoms with Crippen LogP contribution in [0.1, 0.15) is 51.9 Å². The summed E-state index contributed by atoms with van der Waals surface area (Å²) in [6.45, 7) is 2.63. The summed E-state index contributed by atoms with van der Waals surface area (Å²) in [5.74, 6) is 0.747. The lowest BCUT2D eigenvalue weighted by molar-refractivity contribution is -0.268. The van der Waals surface area contributed by atoms with Gasteiger partial charge in [0.2, 0.25) is 0 Å². The Bertz CT molecular complexity index is 1950. The zero-order valence-electron chi connectivity index (χ0n) is 26.5. The summed E-state index contributed by atoms with van der Waals surface area (Å²) in [5.41, 5.74) is 7.71. The Morgan fingerprint density at radius 3 is 2.33 bits per heavy atom. The van der Waals surface area contributed by atoms with Gasteiger partial charge in [-0.05, 0) is 58.1 Å². The number of thiazole rings is 1. The fourth-order valence-electron chi connectivity index (χ4n) is 5.94. The minimum absolute atomic E-state index is 0.00606. The number of thioether (sulfide) groups is 1. The Hall–Kier alpha value is -4.31.